The van der Waals surface area contributed by atoms with E-state index in [-0.39, 0.29) is 18.1 Å². The lowest BCUT2D eigenvalue weighted by molar-refractivity contribution is -0.138. The van der Waals surface area contributed by atoms with E-state index in [1.807, 2.05) is 18.2 Å². The van der Waals surface area contributed by atoms with Crippen molar-refractivity contribution in [2.24, 2.45) is 23.5 Å². The topological polar surface area (TPSA) is 80.4 Å². The molecule has 0 aliphatic heterocycles. The Bertz CT molecular complexity index is 559. The molecule has 4 nitrogen and oxygen atoms in total. The zero-order valence-electron chi connectivity index (χ0n) is 14.0. The van der Waals surface area contributed by atoms with Gasteiger partial charge in [-0.25, -0.2) is 0 Å². The molecule has 1 saturated carbocycles. The normalized spacial score (nSPS) is 22.8. The molecule has 0 bridgehead atoms. The maximum Gasteiger partial charge on any atom is 0.320 e. The van der Waals surface area contributed by atoms with Crippen LogP contribution < -0.4 is 5.73 Å². The molecule has 23 heavy (non-hydrogen) atoms. The molecular weight excluding hydrogens is 290 g/mol. The van der Waals surface area contributed by atoms with Gasteiger partial charge in [0.1, 0.15) is 6.04 Å². The van der Waals surface area contributed by atoms with Gasteiger partial charge in [0, 0.05) is 11.5 Å². The third-order valence-electron chi connectivity index (χ3n) is 5.13. The molecule has 0 spiro atoms. The van der Waals surface area contributed by atoms with Crippen LogP contribution >= 0.6 is 0 Å². The lowest BCUT2D eigenvalue weighted by Crippen LogP contribution is -2.33. The number of Topliss-reactive ketones (excluding diaryl/α,β-unsaturated/α-hetero) is 1. The predicted molar refractivity (Wildman–Crippen MR) is 90.4 cm³/mol. The Morgan fingerprint density at radius 2 is 1.78 bits per heavy atom. The van der Waals surface area contributed by atoms with Gasteiger partial charge in [0.25, 0.3) is 0 Å². The minimum absolute atomic E-state index is 0.0622. The van der Waals surface area contributed by atoms with Gasteiger partial charge in [0.2, 0.25) is 0 Å². The lowest BCUT2D eigenvalue weighted by Gasteiger charge is -2.30. The van der Waals surface area contributed by atoms with Gasteiger partial charge < -0.3 is 10.8 Å². The number of hydrogen-bond donors (Lipinski definition) is 2. The highest BCUT2D eigenvalue weighted by atomic mass is 16.4. The van der Waals surface area contributed by atoms with Crippen LogP contribution in [-0.4, -0.2) is 22.9 Å². The number of carboxylic acid groups (broad SMARTS) is 1. The number of carbonyl (C=O) groups is 2. The van der Waals surface area contributed by atoms with E-state index in [4.69, 9.17) is 10.8 Å². The van der Waals surface area contributed by atoms with E-state index in [1.165, 1.54) is 0 Å². The predicted octanol–water partition coefficient (Wildman–Crippen LogP) is 3.29. The summed E-state index contributed by atoms with van der Waals surface area (Å²) in [7, 11) is 0. The summed E-state index contributed by atoms with van der Waals surface area (Å²) in [4.78, 5) is 23.8. The largest absolute Gasteiger partial charge is 0.480 e. The third kappa shape index (κ3) is 4.41. The summed E-state index contributed by atoms with van der Waals surface area (Å²) in [5, 5.41) is 8.99. The summed E-state index contributed by atoms with van der Waals surface area (Å²) >= 11 is 0. The fourth-order valence-corrected chi connectivity index (χ4v) is 3.53. The van der Waals surface area contributed by atoms with Crippen LogP contribution in [0.3, 0.4) is 0 Å². The first kappa shape index (κ1) is 17.7. The zero-order valence-corrected chi connectivity index (χ0v) is 14.0. The van der Waals surface area contributed by atoms with Crippen molar-refractivity contribution in [2.45, 2.75) is 52.0 Å². The molecule has 1 aromatic carbocycles. The number of rotatable bonds is 6. The highest BCUT2D eigenvalue weighted by molar-refractivity contribution is 5.99. The molecular formula is C19H27NO3. The Hall–Kier alpha value is -1.68. The van der Waals surface area contributed by atoms with E-state index in [2.05, 4.69) is 13.8 Å². The van der Waals surface area contributed by atoms with Crippen molar-refractivity contribution >= 4 is 11.8 Å². The van der Waals surface area contributed by atoms with E-state index in [1.54, 1.807) is 6.07 Å². The van der Waals surface area contributed by atoms with Gasteiger partial charge >= 0.3 is 5.97 Å². The standard InChI is InChI=1S/C19H27NO3/c1-12(2)13-7-9-14(10-8-13)18(21)16-6-4-3-5-15(16)11-17(20)19(22)23/h3-6,12-14,17H,7-11,20H2,1-2H3,(H,22,23). The number of ketones is 1. The Labute approximate surface area is 138 Å². The molecule has 126 valence electrons. The van der Waals surface area contributed by atoms with Crippen LogP contribution in [-0.2, 0) is 11.2 Å². The van der Waals surface area contributed by atoms with Gasteiger partial charge in [0.05, 0.1) is 0 Å². The van der Waals surface area contributed by atoms with Gasteiger partial charge in [-0.1, -0.05) is 38.1 Å². The molecule has 0 heterocycles. The Kier molecular flexibility index (Phi) is 5.94. The Morgan fingerprint density at radius 3 is 2.35 bits per heavy atom. The van der Waals surface area contributed by atoms with Gasteiger partial charge in [-0.3, -0.25) is 9.59 Å². The van der Waals surface area contributed by atoms with Crippen LogP contribution in [0.2, 0.25) is 0 Å². The molecule has 2 rings (SSSR count). The Balaban J connectivity index is 2.09. The minimum atomic E-state index is -1.04. The van der Waals surface area contributed by atoms with Crippen LogP contribution in [0.4, 0.5) is 0 Å². The van der Waals surface area contributed by atoms with Crippen molar-refractivity contribution in [1.82, 2.24) is 0 Å². The van der Waals surface area contributed by atoms with Crippen molar-refractivity contribution in [2.75, 3.05) is 0 Å². The average molecular weight is 317 g/mol. The molecule has 1 aliphatic rings. The van der Waals surface area contributed by atoms with Crippen LogP contribution in [0.1, 0.15) is 55.5 Å². The van der Waals surface area contributed by atoms with Crippen LogP contribution in [0, 0.1) is 17.8 Å². The average Bonchev–Trinajstić information content (AvgIpc) is 2.54. The molecule has 4 heteroatoms. The third-order valence-corrected chi connectivity index (χ3v) is 5.13. The maximum atomic E-state index is 12.9. The second-order valence-electron chi connectivity index (χ2n) is 7.03. The number of nitrogens with two attached hydrogens (primary N) is 1. The first-order chi connectivity index (χ1) is 10.9. The number of carboxylic acids is 1. The van der Waals surface area contributed by atoms with Gasteiger partial charge in [-0.05, 0) is 49.5 Å². The maximum absolute atomic E-state index is 12.9. The number of benzene rings is 1. The SMILES string of the molecule is CC(C)C1CCC(C(=O)c2ccccc2CC(N)C(=O)O)CC1. The van der Waals surface area contributed by atoms with Crippen molar-refractivity contribution in [3.8, 4) is 0 Å². The van der Waals surface area contributed by atoms with Crippen molar-refractivity contribution in [3.63, 3.8) is 0 Å². The smallest absolute Gasteiger partial charge is 0.320 e. The van der Waals surface area contributed by atoms with E-state index >= 15 is 0 Å². The molecule has 1 aliphatic carbocycles. The molecule has 1 aromatic rings. The second kappa shape index (κ2) is 7.73. The summed E-state index contributed by atoms with van der Waals surface area (Å²) in [6, 6.07) is 6.32. The molecule has 1 atom stereocenters. The van der Waals surface area contributed by atoms with E-state index < -0.39 is 12.0 Å². The molecule has 0 saturated heterocycles. The number of aliphatic carboxylic acids is 1. The summed E-state index contributed by atoms with van der Waals surface area (Å²) in [5.41, 5.74) is 7.04. The van der Waals surface area contributed by atoms with Crippen LogP contribution in [0.15, 0.2) is 24.3 Å². The Morgan fingerprint density at radius 1 is 1.17 bits per heavy atom. The van der Waals surface area contributed by atoms with E-state index in [9.17, 15) is 9.59 Å². The number of hydrogen-bond acceptors (Lipinski definition) is 3. The van der Waals surface area contributed by atoms with Crippen LogP contribution in [0.25, 0.3) is 0 Å². The first-order valence-corrected chi connectivity index (χ1v) is 8.50. The van der Waals surface area contributed by atoms with Crippen LogP contribution in [0.5, 0.6) is 0 Å². The minimum Gasteiger partial charge on any atom is -0.480 e. The zero-order chi connectivity index (χ0) is 17.0. The van der Waals surface area contributed by atoms with Gasteiger partial charge in [0.15, 0.2) is 5.78 Å². The summed E-state index contributed by atoms with van der Waals surface area (Å²) in [5.74, 6) is 0.568. The van der Waals surface area contributed by atoms with Gasteiger partial charge in [-0.2, -0.15) is 0 Å². The highest BCUT2D eigenvalue weighted by Crippen LogP contribution is 2.35. The molecule has 0 radical (unpaired) electrons. The van der Waals surface area contributed by atoms with Crippen molar-refractivity contribution < 1.29 is 14.7 Å². The van der Waals surface area contributed by atoms with Crippen molar-refractivity contribution in [3.05, 3.63) is 35.4 Å². The lowest BCUT2D eigenvalue weighted by atomic mass is 9.74. The molecule has 3 N–H and O–H groups in total. The number of carbonyl (C=O) groups excluding carboxylic acids is 1. The quantitative estimate of drug-likeness (QED) is 0.789. The fourth-order valence-electron chi connectivity index (χ4n) is 3.53. The second-order valence-corrected chi connectivity index (χ2v) is 7.03. The first-order valence-electron chi connectivity index (χ1n) is 8.50. The summed E-state index contributed by atoms with van der Waals surface area (Å²) in [6.07, 6.45) is 4.26. The molecule has 1 fully saturated rings. The van der Waals surface area contributed by atoms with Crippen molar-refractivity contribution in [1.29, 1.82) is 0 Å². The summed E-state index contributed by atoms with van der Waals surface area (Å²) < 4.78 is 0. The highest BCUT2D eigenvalue weighted by Gasteiger charge is 2.29. The van der Waals surface area contributed by atoms with E-state index in [0.29, 0.717) is 11.5 Å². The van der Waals surface area contributed by atoms with Gasteiger partial charge in [-0.15, -0.1) is 0 Å². The monoisotopic (exact) mass is 317 g/mol. The fraction of sp³-hybridized carbons (Fsp3) is 0.579. The molecule has 0 amide bonds. The molecule has 0 aromatic heterocycles. The summed E-state index contributed by atoms with van der Waals surface area (Å²) in [6.45, 7) is 4.49. The van der Waals surface area contributed by atoms with E-state index in [0.717, 1.165) is 37.2 Å². The molecule has 1 unspecified atom stereocenters.